The molecule has 0 aliphatic carbocycles. The highest BCUT2D eigenvalue weighted by atomic mass is 19.1. The van der Waals surface area contributed by atoms with Gasteiger partial charge in [-0.2, -0.15) is 0 Å². The van der Waals surface area contributed by atoms with Crippen LogP contribution in [0.15, 0.2) is 42.5 Å². The molecular weight excluding hydrogens is 490 g/mol. The summed E-state index contributed by atoms with van der Waals surface area (Å²) in [7, 11) is 0. The largest absolute Gasteiger partial charge is 0.450 e. The summed E-state index contributed by atoms with van der Waals surface area (Å²) >= 11 is 0. The second-order valence-electron chi connectivity index (χ2n) is 11.1. The Morgan fingerprint density at radius 2 is 1.66 bits per heavy atom. The minimum atomic E-state index is -0.365. The molecule has 1 N–H and O–H groups in total. The highest BCUT2D eigenvalue weighted by molar-refractivity contribution is 6.03. The van der Waals surface area contributed by atoms with Crippen molar-refractivity contribution in [2.75, 3.05) is 36.5 Å². The minimum absolute atomic E-state index is 0. The molecule has 2 aromatic carbocycles. The predicted octanol–water partition coefficient (Wildman–Crippen LogP) is 5.75. The van der Waals surface area contributed by atoms with Crippen LogP contribution in [0.2, 0.25) is 0 Å². The van der Waals surface area contributed by atoms with Crippen LogP contribution in [-0.4, -0.2) is 66.3 Å². The Morgan fingerprint density at radius 3 is 2.32 bits per heavy atom. The van der Waals surface area contributed by atoms with Gasteiger partial charge in [-0.05, 0) is 107 Å². The Balaban J connectivity index is 0.00000308. The molecule has 0 radical (unpaired) electrons. The zero-order valence-corrected chi connectivity index (χ0v) is 21.7. The van der Waals surface area contributed by atoms with E-state index in [9.17, 15) is 18.4 Å². The number of amides is 3. The normalized spacial score (nSPS) is 25.9. The van der Waals surface area contributed by atoms with Gasteiger partial charge in [0.1, 0.15) is 11.6 Å². The van der Waals surface area contributed by atoms with Gasteiger partial charge >= 0.3 is 12.1 Å². The molecule has 204 valence electrons. The molecule has 1 spiro atoms. The van der Waals surface area contributed by atoms with Crippen LogP contribution in [0.4, 0.5) is 29.7 Å². The van der Waals surface area contributed by atoms with Crippen LogP contribution in [0.1, 0.15) is 52.4 Å². The lowest BCUT2D eigenvalue weighted by Gasteiger charge is -2.47. The second-order valence-corrected chi connectivity index (χ2v) is 11.1. The maximum absolute atomic E-state index is 14.4. The van der Waals surface area contributed by atoms with Gasteiger partial charge in [0, 0.05) is 42.9 Å². The average molecular weight is 527 g/mol. The Labute approximate surface area is 223 Å². The molecule has 2 unspecified atom stereocenters. The number of hydrogen-bond donors (Lipinski definition) is 1. The van der Waals surface area contributed by atoms with Gasteiger partial charge in [0.05, 0.1) is 6.61 Å². The molecule has 3 fully saturated rings. The maximum Gasteiger partial charge on any atom is 0.410 e. The number of likely N-dealkylation sites (tertiary alicyclic amines) is 1. The SMILES string of the molecule is CCOC(=O)N1C2CCC1CC(N1CCC3(CC1)CN(C(=O)Nc1ccc(F)cc1)c1ccc(F)cc13)C2.[HH]. The summed E-state index contributed by atoms with van der Waals surface area (Å²) in [5, 5.41) is 2.86. The lowest BCUT2D eigenvalue weighted by Crippen LogP contribution is -2.55. The van der Waals surface area contributed by atoms with Crippen molar-refractivity contribution in [3.05, 3.63) is 59.7 Å². The summed E-state index contributed by atoms with van der Waals surface area (Å²) in [4.78, 5) is 32.0. The number of hydrogen-bond acceptors (Lipinski definition) is 4. The number of urea groups is 1. The van der Waals surface area contributed by atoms with Crippen molar-refractivity contribution in [2.24, 2.45) is 0 Å². The van der Waals surface area contributed by atoms with E-state index < -0.39 is 0 Å². The molecule has 4 aliphatic heterocycles. The van der Waals surface area contributed by atoms with E-state index in [4.69, 9.17) is 4.74 Å². The fraction of sp³-hybridized carbons (Fsp3) is 0.517. The van der Waals surface area contributed by atoms with Gasteiger partial charge in [-0.25, -0.2) is 18.4 Å². The summed E-state index contributed by atoms with van der Waals surface area (Å²) in [5.41, 5.74) is 1.84. The molecule has 3 amide bonds. The third-order valence-corrected chi connectivity index (χ3v) is 9.08. The van der Waals surface area contributed by atoms with Gasteiger partial charge in [0.15, 0.2) is 0 Å². The molecular formula is C29H36F2N4O3. The second kappa shape index (κ2) is 9.84. The van der Waals surface area contributed by atoms with Crippen molar-refractivity contribution in [3.63, 3.8) is 0 Å². The monoisotopic (exact) mass is 526 g/mol. The molecule has 38 heavy (non-hydrogen) atoms. The Hall–Kier alpha value is -3.20. The molecule has 0 aromatic heterocycles. The quantitative estimate of drug-likeness (QED) is 0.553. The maximum atomic E-state index is 14.4. The Bertz CT molecular complexity index is 1210. The van der Waals surface area contributed by atoms with E-state index >= 15 is 0 Å². The van der Waals surface area contributed by atoms with Gasteiger partial charge < -0.3 is 19.9 Å². The predicted molar refractivity (Wildman–Crippen MR) is 142 cm³/mol. The standard InChI is InChI=1S/C29H34F2N4O3.H2/c1-2-38-28(37)35-22-8-9-23(35)17-24(16-22)33-13-11-29(12-14-33)18-34(26-10-5-20(31)15-25(26)29)27(36)32-21-6-3-19(30)4-7-21;/h3-7,10,15,22-24H,2,8-9,11-14,16-18H2,1H3,(H,32,36);1H. The summed E-state index contributed by atoms with van der Waals surface area (Å²) in [6, 6.07) is 11.0. The number of ether oxygens (including phenoxy) is 1. The molecule has 6 rings (SSSR count). The van der Waals surface area contributed by atoms with Gasteiger partial charge in [0.2, 0.25) is 0 Å². The van der Waals surface area contributed by atoms with E-state index in [1.54, 1.807) is 17.0 Å². The number of rotatable bonds is 3. The molecule has 3 saturated heterocycles. The molecule has 0 saturated carbocycles. The van der Waals surface area contributed by atoms with Crippen LogP contribution in [0, 0.1) is 11.6 Å². The van der Waals surface area contributed by atoms with E-state index in [1.807, 2.05) is 11.8 Å². The molecule has 2 aromatic rings. The fourth-order valence-electron chi connectivity index (χ4n) is 7.23. The van der Waals surface area contributed by atoms with Gasteiger partial charge in [-0.3, -0.25) is 4.90 Å². The zero-order valence-electron chi connectivity index (χ0n) is 21.7. The third kappa shape index (κ3) is 4.40. The molecule has 2 bridgehead atoms. The number of anilines is 2. The summed E-state index contributed by atoms with van der Waals surface area (Å²) in [5.74, 6) is -0.662. The first kappa shape index (κ1) is 25.1. The van der Waals surface area contributed by atoms with Gasteiger partial charge in [-0.1, -0.05) is 0 Å². The average Bonchev–Trinajstić information content (AvgIpc) is 3.36. The lowest BCUT2D eigenvalue weighted by molar-refractivity contribution is 0.0282. The number of carbonyl (C=O) groups is 2. The number of carbonyl (C=O) groups excluding carboxylic acids is 2. The van der Waals surface area contributed by atoms with E-state index in [0.717, 1.165) is 62.9 Å². The van der Waals surface area contributed by atoms with E-state index in [2.05, 4.69) is 10.2 Å². The molecule has 7 nitrogen and oxygen atoms in total. The third-order valence-electron chi connectivity index (χ3n) is 9.08. The van der Waals surface area contributed by atoms with Crippen molar-refractivity contribution in [2.45, 2.75) is 69.0 Å². The lowest BCUT2D eigenvalue weighted by atomic mass is 9.73. The first-order valence-electron chi connectivity index (χ1n) is 13.7. The minimum Gasteiger partial charge on any atom is -0.450 e. The van der Waals surface area contributed by atoms with Crippen LogP contribution in [0.3, 0.4) is 0 Å². The van der Waals surface area contributed by atoms with Crippen LogP contribution in [-0.2, 0) is 10.2 Å². The van der Waals surface area contributed by atoms with Crippen LogP contribution < -0.4 is 10.2 Å². The number of fused-ring (bicyclic) bond motifs is 4. The summed E-state index contributed by atoms with van der Waals surface area (Å²) in [6.45, 7) is 4.46. The molecule has 4 heterocycles. The first-order valence-corrected chi connectivity index (χ1v) is 13.7. The highest BCUT2D eigenvalue weighted by Gasteiger charge is 2.50. The van der Waals surface area contributed by atoms with Gasteiger partial charge in [-0.15, -0.1) is 0 Å². The summed E-state index contributed by atoms with van der Waals surface area (Å²) in [6.07, 6.45) is 5.46. The smallest absolute Gasteiger partial charge is 0.410 e. The van der Waals surface area contributed by atoms with E-state index in [0.29, 0.717) is 24.9 Å². The van der Waals surface area contributed by atoms with Crippen LogP contribution in [0.5, 0.6) is 0 Å². The van der Waals surface area contributed by atoms with E-state index in [-0.39, 0.29) is 42.7 Å². The van der Waals surface area contributed by atoms with E-state index in [1.165, 1.54) is 30.3 Å². The number of nitrogens with zero attached hydrogens (tertiary/aromatic N) is 3. The summed E-state index contributed by atoms with van der Waals surface area (Å²) < 4.78 is 33.0. The van der Waals surface area contributed by atoms with Crippen LogP contribution >= 0.6 is 0 Å². The number of nitrogens with one attached hydrogen (secondary N) is 1. The zero-order chi connectivity index (χ0) is 26.4. The number of halogens is 2. The Kier molecular flexibility index (Phi) is 6.50. The molecule has 4 aliphatic rings. The van der Waals surface area contributed by atoms with Crippen molar-refractivity contribution >= 4 is 23.5 Å². The molecule has 9 heteroatoms. The van der Waals surface area contributed by atoms with Crippen molar-refractivity contribution in [3.8, 4) is 0 Å². The van der Waals surface area contributed by atoms with Crippen molar-refractivity contribution in [1.29, 1.82) is 0 Å². The first-order chi connectivity index (χ1) is 18.4. The van der Waals surface area contributed by atoms with Crippen molar-refractivity contribution < 1.29 is 24.5 Å². The topological polar surface area (TPSA) is 65.1 Å². The van der Waals surface area contributed by atoms with Crippen molar-refractivity contribution in [1.82, 2.24) is 9.80 Å². The number of piperidine rings is 2. The van der Waals surface area contributed by atoms with Crippen LogP contribution in [0.25, 0.3) is 0 Å². The Morgan fingerprint density at radius 1 is 1.00 bits per heavy atom. The fourth-order valence-corrected chi connectivity index (χ4v) is 7.23. The van der Waals surface area contributed by atoms with Gasteiger partial charge in [0.25, 0.3) is 0 Å². The molecule has 2 atom stereocenters. The highest BCUT2D eigenvalue weighted by Crippen LogP contribution is 2.48. The number of benzene rings is 2.